The van der Waals surface area contributed by atoms with Crippen molar-refractivity contribution >= 4 is 12.0 Å². The lowest BCUT2D eigenvalue weighted by Crippen LogP contribution is -2.37. The van der Waals surface area contributed by atoms with Crippen molar-refractivity contribution in [2.45, 2.75) is 6.92 Å². The standard InChI is InChI=1S/C19H23N3O4/c1-14-6-5-7-16(12-14)26-11-10-20(2)17(23)9-8-15-13-21(3)19(25)22(4)18(15)24/h5-9,12-13H,10-11H2,1-4H3/b9-8+. The van der Waals surface area contributed by atoms with Crippen molar-refractivity contribution in [3.8, 4) is 5.75 Å². The Morgan fingerprint density at radius 1 is 1.27 bits per heavy atom. The number of rotatable bonds is 6. The van der Waals surface area contributed by atoms with Gasteiger partial charge in [-0.1, -0.05) is 12.1 Å². The van der Waals surface area contributed by atoms with Crippen LogP contribution in [0, 0.1) is 6.92 Å². The number of hydrogen-bond donors (Lipinski definition) is 0. The van der Waals surface area contributed by atoms with Gasteiger partial charge in [-0.05, 0) is 30.7 Å². The second-order valence-electron chi connectivity index (χ2n) is 6.10. The molecule has 0 aliphatic rings. The molecule has 1 aromatic carbocycles. The van der Waals surface area contributed by atoms with Crippen molar-refractivity contribution in [3.63, 3.8) is 0 Å². The van der Waals surface area contributed by atoms with Gasteiger partial charge >= 0.3 is 5.69 Å². The van der Waals surface area contributed by atoms with E-state index < -0.39 is 11.2 Å². The summed E-state index contributed by atoms with van der Waals surface area (Å²) < 4.78 is 7.92. The van der Waals surface area contributed by atoms with Gasteiger partial charge in [-0.3, -0.25) is 14.2 Å². The minimum absolute atomic E-state index is 0.256. The maximum atomic E-state index is 12.2. The summed E-state index contributed by atoms with van der Waals surface area (Å²) in [5, 5.41) is 0. The van der Waals surface area contributed by atoms with E-state index in [4.69, 9.17) is 4.74 Å². The molecule has 1 aromatic heterocycles. The summed E-state index contributed by atoms with van der Waals surface area (Å²) in [6.45, 7) is 2.75. The van der Waals surface area contributed by atoms with Crippen LogP contribution < -0.4 is 16.0 Å². The summed E-state index contributed by atoms with van der Waals surface area (Å²) in [4.78, 5) is 37.4. The van der Waals surface area contributed by atoms with Crippen molar-refractivity contribution in [1.29, 1.82) is 0 Å². The molecule has 0 saturated heterocycles. The lowest BCUT2D eigenvalue weighted by atomic mass is 10.2. The smallest absolute Gasteiger partial charge is 0.330 e. The first-order valence-electron chi connectivity index (χ1n) is 8.19. The molecule has 0 N–H and O–H groups in total. The van der Waals surface area contributed by atoms with Crippen LogP contribution in [0.25, 0.3) is 6.08 Å². The molecule has 0 bridgehead atoms. The van der Waals surface area contributed by atoms with E-state index in [0.717, 1.165) is 15.9 Å². The van der Waals surface area contributed by atoms with Crippen LogP contribution >= 0.6 is 0 Å². The average molecular weight is 357 g/mol. The number of aromatic nitrogens is 2. The molecule has 138 valence electrons. The summed E-state index contributed by atoms with van der Waals surface area (Å²) in [5.74, 6) is 0.504. The maximum absolute atomic E-state index is 12.2. The third-order valence-electron chi connectivity index (χ3n) is 3.94. The SMILES string of the molecule is Cc1cccc(OCCN(C)C(=O)/C=C/c2cn(C)c(=O)n(C)c2=O)c1. The Balaban J connectivity index is 1.96. The van der Waals surface area contributed by atoms with Gasteiger partial charge in [-0.2, -0.15) is 0 Å². The molecule has 0 spiro atoms. The molecule has 1 heterocycles. The number of amides is 1. The molecule has 0 atom stereocenters. The highest BCUT2D eigenvalue weighted by molar-refractivity contribution is 5.91. The number of benzene rings is 1. The lowest BCUT2D eigenvalue weighted by molar-refractivity contribution is -0.125. The summed E-state index contributed by atoms with van der Waals surface area (Å²) in [6, 6.07) is 7.69. The first kappa shape index (κ1) is 19.2. The number of hydrogen-bond acceptors (Lipinski definition) is 4. The van der Waals surface area contributed by atoms with E-state index >= 15 is 0 Å². The molecule has 1 amide bonds. The molecule has 2 aromatic rings. The van der Waals surface area contributed by atoms with Crippen LogP contribution in [-0.2, 0) is 18.9 Å². The van der Waals surface area contributed by atoms with Gasteiger partial charge < -0.3 is 14.2 Å². The molecule has 0 unspecified atom stereocenters. The van der Waals surface area contributed by atoms with E-state index in [1.165, 1.54) is 34.9 Å². The zero-order chi connectivity index (χ0) is 19.3. The molecule has 0 fully saturated rings. The molecular formula is C19H23N3O4. The van der Waals surface area contributed by atoms with Crippen LogP contribution in [-0.4, -0.2) is 40.1 Å². The van der Waals surface area contributed by atoms with Gasteiger partial charge in [0, 0.05) is 33.4 Å². The zero-order valence-corrected chi connectivity index (χ0v) is 15.4. The quantitative estimate of drug-likeness (QED) is 0.722. The highest BCUT2D eigenvalue weighted by Gasteiger charge is 2.07. The van der Waals surface area contributed by atoms with Crippen LogP contribution in [0.3, 0.4) is 0 Å². The second kappa shape index (κ2) is 8.33. The van der Waals surface area contributed by atoms with Gasteiger partial charge in [0.05, 0.1) is 12.1 Å². The number of likely N-dealkylation sites (N-methyl/N-ethyl adjacent to an activating group) is 1. The summed E-state index contributed by atoms with van der Waals surface area (Å²) in [5.41, 5.74) is 0.521. The number of carbonyl (C=O) groups excluding carboxylic acids is 1. The molecule has 26 heavy (non-hydrogen) atoms. The van der Waals surface area contributed by atoms with Gasteiger partial charge in [0.2, 0.25) is 5.91 Å². The largest absolute Gasteiger partial charge is 0.492 e. The van der Waals surface area contributed by atoms with Crippen molar-refractivity contribution < 1.29 is 9.53 Å². The summed E-state index contributed by atoms with van der Waals surface area (Å²) >= 11 is 0. The van der Waals surface area contributed by atoms with Gasteiger partial charge in [0.15, 0.2) is 0 Å². The predicted molar refractivity (Wildman–Crippen MR) is 100 cm³/mol. The number of aryl methyl sites for hydroxylation is 2. The van der Waals surface area contributed by atoms with Crippen molar-refractivity contribution in [3.05, 3.63) is 68.5 Å². The van der Waals surface area contributed by atoms with Crippen LogP contribution in [0.15, 0.2) is 46.1 Å². The monoisotopic (exact) mass is 357 g/mol. The number of ether oxygens (including phenoxy) is 1. The maximum Gasteiger partial charge on any atom is 0.330 e. The highest BCUT2D eigenvalue weighted by Crippen LogP contribution is 2.12. The molecule has 0 aliphatic carbocycles. The van der Waals surface area contributed by atoms with Crippen molar-refractivity contribution in [2.24, 2.45) is 14.1 Å². The van der Waals surface area contributed by atoms with E-state index in [-0.39, 0.29) is 11.5 Å². The molecule has 0 aliphatic heterocycles. The van der Waals surface area contributed by atoms with Crippen LogP contribution in [0.2, 0.25) is 0 Å². The number of nitrogens with zero attached hydrogens (tertiary/aromatic N) is 3. The third-order valence-corrected chi connectivity index (χ3v) is 3.94. The normalized spacial score (nSPS) is 10.9. The summed E-state index contributed by atoms with van der Waals surface area (Å²) in [6.07, 6.45) is 4.14. The minimum Gasteiger partial charge on any atom is -0.492 e. The van der Waals surface area contributed by atoms with Gasteiger partial charge in [-0.25, -0.2) is 4.79 Å². The highest BCUT2D eigenvalue weighted by atomic mass is 16.5. The van der Waals surface area contributed by atoms with Crippen molar-refractivity contribution in [1.82, 2.24) is 14.0 Å². The van der Waals surface area contributed by atoms with E-state index in [2.05, 4.69) is 0 Å². The minimum atomic E-state index is -0.442. The molecular weight excluding hydrogens is 334 g/mol. The molecule has 2 rings (SSSR count). The first-order chi connectivity index (χ1) is 12.3. The van der Waals surface area contributed by atoms with Gasteiger partial charge in [0.25, 0.3) is 5.56 Å². The van der Waals surface area contributed by atoms with E-state index in [1.54, 1.807) is 14.1 Å². The van der Waals surface area contributed by atoms with Crippen LogP contribution in [0.5, 0.6) is 5.75 Å². The molecule has 0 radical (unpaired) electrons. The fourth-order valence-electron chi connectivity index (χ4n) is 2.35. The molecule has 0 saturated carbocycles. The zero-order valence-electron chi connectivity index (χ0n) is 15.4. The Labute approximate surface area is 151 Å². The lowest BCUT2D eigenvalue weighted by Gasteiger charge is -2.15. The third kappa shape index (κ3) is 4.72. The number of carbonyl (C=O) groups is 1. The Kier molecular flexibility index (Phi) is 6.16. The fourth-order valence-corrected chi connectivity index (χ4v) is 2.35. The van der Waals surface area contributed by atoms with Crippen molar-refractivity contribution in [2.75, 3.05) is 20.2 Å². The Bertz CT molecular complexity index is 941. The van der Waals surface area contributed by atoms with Crippen LogP contribution in [0.1, 0.15) is 11.1 Å². The fraction of sp³-hybridized carbons (Fsp3) is 0.316. The van der Waals surface area contributed by atoms with Gasteiger partial charge in [-0.15, -0.1) is 0 Å². The average Bonchev–Trinajstić information content (AvgIpc) is 2.61. The molecule has 7 nitrogen and oxygen atoms in total. The second-order valence-corrected chi connectivity index (χ2v) is 6.10. The summed E-state index contributed by atoms with van der Waals surface area (Å²) in [7, 11) is 4.61. The van der Waals surface area contributed by atoms with E-state index in [9.17, 15) is 14.4 Å². The van der Waals surface area contributed by atoms with Crippen LogP contribution in [0.4, 0.5) is 0 Å². The van der Waals surface area contributed by atoms with E-state index in [1.807, 2.05) is 31.2 Å². The Hall–Kier alpha value is -3.09. The topological polar surface area (TPSA) is 73.5 Å². The first-order valence-corrected chi connectivity index (χ1v) is 8.19. The Morgan fingerprint density at radius 2 is 2.00 bits per heavy atom. The van der Waals surface area contributed by atoms with Gasteiger partial charge in [0.1, 0.15) is 12.4 Å². The Morgan fingerprint density at radius 3 is 2.69 bits per heavy atom. The molecule has 7 heteroatoms. The predicted octanol–water partition coefficient (Wildman–Crippen LogP) is 0.943. The van der Waals surface area contributed by atoms with E-state index in [0.29, 0.717) is 13.2 Å².